The molecule has 1 amide bonds. The maximum Gasteiger partial charge on any atom is 0.490 e. The van der Waals surface area contributed by atoms with Crippen LogP contribution >= 0.6 is 11.6 Å². The van der Waals surface area contributed by atoms with E-state index in [2.05, 4.69) is 10.3 Å². The van der Waals surface area contributed by atoms with E-state index in [1.165, 1.54) is 0 Å². The van der Waals surface area contributed by atoms with E-state index in [9.17, 15) is 18.0 Å². The third kappa shape index (κ3) is 6.93. The number of carboxylic acid groups (broad SMARTS) is 1. The summed E-state index contributed by atoms with van der Waals surface area (Å²) in [5.41, 5.74) is 1.47. The highest BCUT2D eigenvalue weighted by Gasteiger charge is 2.38. The van der Waals surface area contributed by atoms with Crippen molar-refractivity contribution < 1.29 is 27.9 Å². The predicted molar refractivity (Wildman–Crippen MR) is 65.7 cm³/mol. The van der Waals surface area contributed by atoms with Gasteiger partial charge in [0.2, 0.25) is 0 Å². The van der Waals surface area contributed by atoms with E-state index >= 15 is 0 Å². The van der Waals surface area contributed by atoms with Crippen LogP contribution < -0.4 is 5.32 Å². The second-order valence-electron chi connectivity index (χ2n) is 3.37. The van der Waals surface area contributed by atoms with Crippen molar-refractivity contribution in [2.75, 3.05) is 12.9 Å². The van der Waals surface area contributed by atoms with Gasteiger partial charge in [0.25, 0.3) is 5.91 Å². The monoisotopic (exact) mass is 312 g/mol. The van der Waals surface area contributed by atoms with Crippen LogP contribution in [-0.4, -0.2) is 41.1 Å². The molecule has 0 aliphatic rings. The summed E-state index contributed by atoms with van der Waals surface area (Å²) in [6.45, 7) is 0. The quantitative estimate of drug-likeness (QED) is 0.835. The standard InChI is InChI=1S/C9H11ClN2O.C2HF3O2/c1-11-9(13)8-6-7(2-4-10)3-5-12-8;3-2(4,5)1(6)7/h3,5-6H,2,4H2,1H3,(H,11,13);(H,6,7). The Morgan fingerprint density at radius 1 is 1.45 bits per heavy atom. The smallest absolute Gasteiger partial charge is 0.475 e. The number of nitrogens with one attached hydrogen (secondary N) is 1. The molecule has 0 radical (unpaired) electrons. The molecule has 0 spiro atoms. The highest BCUT2D eigenvalue weighted by atomic mass is 35.5. The fourth-order valence-corrected chi connectivity index (χ4v) is 1.21. The van der Waals surface area contributed by atoms with Gasteiger partial charge in [-0.15, -0.1) is 11.6 Å². The fraction of sp³-hybridized carbons (Fsp3) is 0.364. The van der Waals surface area contributed by atoms with Crippen molar-refractivity contribution in [2.24, 2.45) is 0 Å². The molecular weight excluding hydrogens is 301 g/mol. The first-order valence-electron chi connectivity index (χ1n) is 5.25. The van der Waals surface area contributed by atoms with Gasteiger partial charge in [-0.3, -0.25) is 9.78 Å². The summed E-state index contributed by atoms with van der Waals surface area (Å²) in [4.78, 5) is 24.0. The molecule has 0 atom stereocenters. The van der Waals surface area contributed by atoms with Gasteiger partial charge in [0.15, 0.2) is 0 Å². The van der Waals surface area contributed by atoms with Crippen LogP contribution in [0.1, 0.15) is 16.1 Å². The molecule has 1 aromatic heterocycles. The Morgan fingerprint density at radius 3 is 2.40 bits per heavy atom. The van der Waals surface area contributed by atoms with Crippen LogP contribution in [-0.2, 0) is 11.2 Å². The number of rotatable bonds is 3. The fourth-order valence-electron chi connectivity index (χ4n) is 0.991. The molecule has 9 heteroatoms. The van der Waals surface area contributed by atoms with E-state index in [-0.39, 0.29) is 5.91 Å². The van der Waals surface area contributed by atoms with Crippen molar-refractivity contribution in [2.45, 2.75) is 12.6 Å². The highest BCUT2D eigenvalue weighted by Crippen LogP contribution is 2.13. The zero-order chi connectivity index (χ0) is 15.8. The number of aromatic nitrogens is 1. The van der Waals surface area contributed by atoms with Crippen molar-refractivity contribution in [3.63, 3.8) is 0 Å². The molecule has 0 unspecified atom stereocenters. The lowest BCUT2D eigenvalue weighted by atomic mass is 10.2. The van der Waals surface area contributed by atoms with Crippen molar-refractivity contribution in [3.05, 3.63) is 29.6 Å². The van der Waals surface area contributed by atoms with Gasteiger partial charge >= 0.3 is 12.1 Å². The molecular formula is C11H12ClF3N2O3. The van der Waals surface area contributed by atoms with Gasteiger partial charge in [0, 0.05) is 19.1 Å². The number of pyridine rings is 1. The summed E-state index contributed by atoms with van der Waals surface area (Å²) in [6, 6.07) is 3.61. The Morgan fingerprint density at radius 2 is 2.00 bits per heavy atom. The number of halogens is 4. The Kier molecular flexibility index (Phi) is 7.60. The lowest BCUT2D eigenvalue weighted by Gasteiger charge is -2.01. The molecule has 0 aromatic carbocycles. The van der Waals surface area contributed by atoms with Gasteiger partial charge in [-0.05, 0) is 24.1 Å². The lowest BCUT2D eigenvalue weighted by Crippen LogP contribution is -2.21. The molecule has 0 aliphatic carbocycles. The molecule has 2 N–H and O–H groups in total. The van der Waals surface area contributed by atoms with Gasteiger partial charge in [0.05, 0.1) is 0 Å². The first kappa shape index (κ1) is 18.2. The molecule has 0 saturated heterocycles. The molecule has 0 fully saturated rings. The number of aliphatic carboxylic acids is 1. The minimum absolute atomic E-state index is 0.170. The second kappa shape index (κ2) is 8.36. The molecule has 0 aliphatic heterocycles. The van der Waals surface area contributed by atoms with Crippen LogP contribution in [0, 0.1) is 0 Å². The number of hydrogen-bond acceptors (Lipinski definition) is 3. The summed E-state index contributed by atoms with van der Waals surface area (Å²) in [7, 11) is 1.58. The normalized spacial score (nSPS) is 10.2. The third-order valence-corrected chi connectivity index (χ3v) is 2.10. The van der Waals surface area contributed by atoms with Gasteiger partial charge in [-0.1, -0.05) is 0 Å². The molecule has 20 heavy (non-hydrogen) atoms. The SMILES string of the molecule is CNC(=O)c1cc(CCCl)ccn1.O=C(O)C(F)(F)F. The summed E-state index contributed by atoms with van der Waals surface area (Å²) in [5.74, 6) is -2.37. The van der Waals surface area contributed by atoms with Crippen molar-refractivity contribution in [1.82, 2.24) is 10.3 Å². The summed E-state index contributed by atoms with van der Waals surface area (Å²) in [5, 5.41) is 9.64. The number of amides is 1. The van der Waals surface area contributed by atoms with E-state index in [0.29, 0.717) is 11.6 Å². The van der Waals surface area contributed by atoms with Crippen LogP contribution in [0.4, 0.5) is 13.2 Å². The van der Waals surface area contributed by atoms with E-state index in [1.54, 1.807) is 19.3 Å². The van der Waals surface area contributed by atoms with Crippen LogP contribution in [0.5, 0.6) is 0 Å². The van der Waals surface area contributed by atoms with E-state index < -0.39 is 12.1 Å². The average Bonchev–Trinajstić information content (AvgIpc) is 2.38. The van der Waals surface area contributed by atoms with Crippen LogP contribution in [0.2, 0.25) is 0 Å². The molecule has 1 rings (SSSR count). The minimum Gasteiger partial charge on any atom is -0.475 e. The Balaban J connectivity index is 0.000000441. The Hall–Kier alpha value is -1.83. The topological polar surface area (TPSA) is 79.3 Å². The van der Waals surface area contributed by atoms with Crippen molar-refractivity contribution >= 4 is 23.5 Å². The molecule has 1 heterocycles. The van der Waals surface area contributed by atoms with Gasteiger partial charge in [-0.2, -0.15) is 13.2 Å². The second-order valence-corrected chi connectivity index (χ2v) is 3.75. The Bertz CT molecular complexity index is 466. The first-order chi connectivity index (χ1) is 9.22. The number of carbonyl (C=O) groups is 2. The first-order valence-corrected chi connectivity index (χ1v) is 5.79. The largest absolute Gasteiger partial charge is 0.490 e. The zero-order valence-electron chi connectivity index (χ0n) is 10.4. The molecule has 5 nitrogen and oxygen atoms in total. The van der Waals surface area contributed by atoms with E-state index in [4.69, 9.17) is 21.5 Å². The molecule has 0 saturated carbocycles. The molecule has 0 bridgehead atoms. The van der Waals surface area contributed by atoms with Gasteiger partial charge in [-0.25, -0.2) is 4.79 Å². The third-order valence-electron chi connectivity index (χ3n) is 1.91. The lowest BCUT2D eigenvalue weighted by molar-refractivity contribution is -0.192. The van der Waals surface area contributed by atoms with Gasteiger partial charge in [0.1, 0.15) is 5.69 Å². The predicted octanol–water partition coefficient (Wildman–Crippen LogP) is 1.86. The summed E-state index contributed by atoms with van der Waals surface area (Å²) in [6.07, 6.45) is -2.71. The van der Waals surface area contributed by atoms with E-state index in [1.807, 2.05) is 6.07 Å². The maximum atomic E-state index is 11.2. The van der Waals surface area contributed by atoms with Crippen molar-refractivity contribution in [3.8, 4) is 0 Å². The van der Waals surface area contributed by atoms with Crippen LogP contribution in [0.3, 0.4) is 0 Å². The number of alkyl halides is 4. The summed E-state index contributed by atoms with van der Waals surface area (Å²) >= 11 is 5.58. The van der Waals surface area contributed by atoms with E-state index in [0.717, 1.165) is 12.0 Å². The van der Waals surface area contributed by atoms with Crippen molar-refractivity contribution in [1.29, 1.82) is 0 Å². The Labute approximate surface area is 117 Å². The number of hydrogen-bond donors (Lipinski definition) is 2. The number of aryl methyl sites for hydroxylation is 1. The number of nitrogens with zero attached hydrogens (tertiary/aromatic N) is 1. The molecule has 112 valence electrons. The number of carbonyl (C=O) groups excluding carboxylic acids is 1. The van der Waals surface area contributed by atoms with Gasteiger partial charge < -0.3 is 10.4 Å². The van der Waals surface area contributed by atoms with Crippen LogP contribution in [0.25, 0.3) is 0 Å². The average molecular weight is 313 g/mol. The molecule has 1 aromatic rings. The minimum atomic E-state index is -5.08. The maximum absolute atomic E-state index is 11.2. The van der Waals surface area contributed by atoms with Crippen LogP contribution in [0.15, 0.2) is 18.3 Å². The highest BCUT2D eigenvalue weighted by molar-refractivity contribution is 6.18. The zero-order valence-corrected chi connectivity index (χ0v) is 11.1. The number of carboxylic acids is 1. The summed E-state index contributed by atoms with van der Waals surface area (Å²) < 4.78 is 31.7.